The van der Waals surface area contributed by atoms with Crippen molar-refractivity contribution in [1.29, 1.82) is 0 Å². The van der Waals surface area contributed by atoms with Gasteiger partial charge in [0.1, 0.15) is 6.04 Å². The number of aromatic amines is 1. The quantitative estimate of drug-likeness (QED) is 0.249. The minimum atomic E-state index is -0.590. The molecule has 3 amide bonds. The molecule has 1 aromatic heterocycles. The van der Waals surface area contributed by atoms with E-state index in [1.165, 1.54) is 35.2 Å². The van der Waals surface area contributed by atoms with Crippen LogP contribution < -0.4 is 15.1 Å². The molecule has 0 bridgehead atoms. The number of rotatable bonds is 6. The summed E-state index contributed by atoms with van der Waals surface area (Å²) in [4.78, 5) is 46.3. The SMILES string of the molecule is CC1=C(c2ccc(N3CCC(CN4CCN(c5ccc6c(c5)CN([C@H]5CCC(=O)NC5=O)C6=O)CC4)CC3)cc2)c2ccc3n[nH]c(F)c3c2CCC1. The second-order valence-corrected chi connectivity index (χ2v) is 15.5. The second-order valence-electron chi connectivity index (χ2n) is 15.5. The lowest BCUT2D eigenvalue weighted by Gasteiger charge is -2.40. The third-order valence-electron chi connectivity index (χ3n) is 12.4. The largest absolute Gasteiger partial charge is 0.372 e. The highest BCUT2D eigenvalue weighted by atomic mass is 19.1. The zero-order valence-corrected chi connectivity index (χ0v) is 30.3. The van der Waals surface area contributed by atoms with E-state index in [4.69, 9.17) is 0 Å². The summed E-state index contributed by atoms with van der Waals surface area (Å²) in [5, 5.41) is 9.72. The highest BCUT2D eigenvalue weighted by Crippen LogP contribution is 2.39. The van der Waals surface area contributed by atoms with Gasteiger partial charge in [-0.2, -0.15) is 9.49 Å². The van der Waals surface area contributed by atoms with Gasteiger partial charge in [0.05, 0.1) is 10.9 Å². The number of imide groups is 1. The zero-order chi connectivity index (χ0) is 36.2. The fourth-order valence-corrected chi connectivity index (χ4v) is 9.44. The Morgan fingerprint density at radius 1 is 0.811 bits per heavy atom. The number of benzene rings is 3. The van der Waals surface area contributed by atoms with E-state index >= 15 is 0 Å². The van der Waals surface area contributed by atoms with Crippen LogP contribution in [0.5, 0.6) is 0 Å². The molecule has 10 nitrogen and oxygen atoms in total. The van der Waals surface area contributed by atoms with Gasteiger partial charge in [-0.3, -0.25) is 29.7 Å². The molecule has 3 saturated heterocycles. The third-order valence-corrected chi connectivity index (χ3v) is 12.4. The Bertz CT molecular complexity index is 2130. The van der Waals surface area contributed by atoms with Crippen molar-refractivity contribution >= 4 is 45.6 Å². The average Bonchev–Trinajstić information content (AvgIpc) is 3.65. The van der Waals surface area contributed by atoms with Crippen LogP contribution in [0.2, 0.25) is 0 Å². The molecule has 0 spiro atoms. The van der Waals surface area contributed by atoms with Gasteiger partial charge in [-0.25, -0.2) is 0 Å². The lowest BCUT2D eigenvalue weighted by molar-refractivity contribution is -0.136. The number of nitrogens with one attached hydrogen (secondary N) is 2. The molecule has 9 rings (SSSR count). The summed E-state index contributed by atoms with van der Waals surface area (Å²) in [5.74, 6) is -0.433. The molecule has 3 aromatic carbocycles. The van der Waals surface area contributed by atoms with E-state index in [1.807, 2.05) is 18.2 Å². The first kappa shape index (κ1) is 33.8. The standard InChI is InChI=1S/C42H46FN7O3/c1-26-3-2-4-33-34(11-12-35-39(33)40(43)46-45-35)38(26)28-5-7-30(8-6-28)48-17-15-27(16-18-48)24-47-19-21-49(22-20-47)31-9-10-32-29(23-31)25-50(42(32)53)36-13-14-37(51)44-41(36)52/h5-12,23,27,36H,2-4,13-22,24-25H2,1H3,(H,45,46)(H,44,51,52)/t36-/m0/s1. The number of carbonyl (C=O) groups is 3. The number of nitrogens with zero attached hydrogens (tertiary/aromatic N) is 5. The van der Waals surface area contributed by atoms with E-state index in [0.717, 1.165) is 87.5 Å². The lowest BCUT2D eigenvalue weighted by atomic mass is 9.89. The van der Waals surface area contributed by atoms with Crippen LogP contribution in [-0.4, -0.2) is 89.6 Å². The number of aryl methyl sites for hydroxylation is 1. The molecule has 53 heavy (non-hydrogen) atoms. The van der Waals surface area contributed by atoms with E-state index < -0.39 is 6.04 Å². The van der Waals surface area contributed by atoms with Gasteiger partial charge in [0.15, 0.2) is 0 Å². The van der Waals surface area contributed by atoms with Gasteiger partial charge in [-0.1, -0.05) is 23.8 Å². The molecule has 0 unspecified atom stereocenters. The molecule has 4 aromatic rings. The first-order chi connectivity index (χ1) is 25.8. The molecule has 3 fully saturated rings. The zero-order valence-electron chi connectivity index (χ0n) is 30.3. The minimum Gasteiger partial charge on any atom is -0.372 e. The maximum atomic E-state index is 14.7. The minimum absolute atomic E-state index is 0.127. The van der Waals surface area contributed by atoms with Crippen molar-refractivity contribution in [2.45, 2.75) is 64.5 Å². The second kappa shape index (κ2) is 13.7. The van der Waals surface area contributed by atoms with E-state index in [-0.39, 0.29) is 30.1 Å². The number of hydrogen-bond acceptors (Lipinski definition) is 7. The van der Waals surface area contributed by atoms with Crippen LogP contribution in [0.4, 0.5) is 15.8 Å². The predicted octanol–water partition coefficient (Wildman–Crippen LogP) is 5.66. The fraction of sp³-hybridized carbons (Fsp3) is 0.429. The van der Waals surface area contributed by atoms with Crippen molar-refractivity contribution in [3.05, 3.63) is 93.9 Å². The number of fused-ring (bicyclic) bond motifs is 4. The van der Waals surface area contributed by atoms with E-state index in [9.17, 15) is 18.8 Å². The number of hydrogen-bond donors (Lipinski definition) is 2. The van der Waals surface area contributed by atoms with Crippen molar-refractivity contribution < 1.29 is 18.8 Å². The molecule has 274 valence electrons. The highest BCUT2D eigenvalue weighted by molar-refractivity contribution is 6.05. The Hall–Kier alpha value is -5.03. The molecule has 5 aliphatic rings. The number of anilines is 2. The number of aromatic nitrogens is 2. The Balaban J connectivity index is 0.780. The number of piperidine rings is 2. The smallest absolute Gasteiger partial charge is 0.255 e. The monoisotopic (exact) mass is 715 g/mol. The summed E-state index contributed by atoms with van der Waals surface area (Å²) in [7, 11) is 0. The van der Waals surface area contributed by atoms with Gasteiger partial charge in [0.25, 0.3) is 5.91 Å². The average molecular weight is 716 g/mol. The highest BCUT2D eigenvalue weighted by Gasteiger charge is 2.39. The topological polar surface area (TPSA) is 105 Å². The molecular weight excluding hydrogens is 670 g/mol. The van der Waals surface area contributed by atoms with Gasteiger partial charge in [0, 0.05) is 75.7 Å². The number of halogens is 1. The Morgan fingerprint density at radius 3 is 2.32 bits per heavy atom. The molecule has 11 heteroatoms. The van der Waals surface area contributed by atoms with Crippen molar-refractivity contribution in [1.82, 2.24) is 25.3 Å². The Morgan fingerprint density at radius 2 is 1.55 bits per heavy atom. The molecule has 2 N–H and O–H groups in total. The van der Waals surface area contributed by atoms with Gasteiger partial charge in [-0.15, -0.1) is 0 Å². The maximum absolute atomic E-state index is 14.7. The molecular formula is C42H46FN7O3. The van der Waals surface area contributed by atoms with Crippen LogP contribution in [0, 0.1) is 11.9 Å². The molecule has 1 aliphatic carbocycles. The lowest BCUT2D eigenvalue weighted by Crippen LogP contribution is -2.52. The van der Waals surface area contributed by atoms with Gasteiger partial charge < -0.3 is 14.7 Å². The first-order valence-corrected chi connectivity index (χ1v) is 19.3. The predicted molar refractivity (Wildman–Crippen MR) is 203 cm³/mol. The Labute approximate surface area is 309 Å². The van der Waals surface area contributed by atoms with Crippen molar-refractivity contribution in [3.8, 4) is 0 Å². The van der Waals surface area contributed by atoms with Crippen LogP contribution >= 0.6 is 0 Å². The van der Waals surface area contributed by atoms with Gasteiger partial charge in [0.2, 0.25) is 17.8 Å². The normalized spacial score (nSPS) is 21.7. The summed E-state index contributed by atoms with van der Waals surface area (Å²) in [6.45, 7) is 9.75. The summed E-state index contributed by atoms with van der Waals surface area (Å²) in [6, 6.07) is 18.5. The number of H-pyrrole nitrogens is 1. The van der Waals surface area contributed by atoms with Crippen LogP contribution in [0.15, 0.2) is 60.2 Å². The van der Waals surface area contributed by atoms with Crippen LogP contribution in [0.1, 0.15) is 78.1 Å². The van der Waals surface area contributed by atoms with Crippen LogP contribution in [0.3, 0.4) is 0 Å². The summed E-state index contributed by atoms with van der Waals surface area (Å²) < 4.78 is 14.7. The molecule has 0 saturated carbocycles. The first-order valence-electron chi connectivity index (χ1n) is 19.3. The molecule has 5 heterocycles. The summed E-state index contributed by atoms with van der Waals surface area (Å²) in [6.07, 6.45) is 5.83. The van der Waals surface area contributed by atoms with Gasteiger partial charge >= 0.3 is 0 Å². The third kappa shape index (κ3) is 6.28. The fourth-order valence-electron chi connectivity index (χ4n) is 9.44. The summed E-state index contributed by atoms with van der Waals surface area (Å²) >= 11 is 0. The molecule has 1 atom stereocenters. The van der Waals surface area contributed by atoms with Crippen LogP contribution in [0.25, 0.3) is 16.5 Å². The number of allylic oxidation sites excluding steroid dienone is 1. The Kier molecular flexibility index (Phi) is 8.76. The maximum Gasteiger partial charge on any atom is 0.255 e. The molecule has 0 radical (unpaired) electrons. The summed E-state index contributed by atoms with van der Waals surface area (Å²) in [5.41, 5.74) is 10.7. The number of carbonyl (C=O) groups excluding carboxylic acids is 3. The number of piperazine rings is 1. The van der Waals surface area contributed by atoms with E-state index in [1.54, 1.807) is 4.90 Å². The van der Waals surface area contributed by atoms with E-state index in [0.29, 0.717) is 35.3 Å². The van der Waals surface area contributed by atoms with Crippen molar-refractivity contribution in [2.24, 2.45) is 5.92 Å². The van der Waals surface area contributed by atoms with Crippen LogP contribution in [-0.2, 0) is 22.6 Å². The van der Waals surface area contributed by atoms with Gasteiger partial charge in [-0.05, 0) is 116 Å². The number of amides is 3. The van der Waals surface area contributed by atoms with Crippen molar-refractivity contribution in [2.75, 3.05) is 55.6 Å². The van der Waals surface area contributed by atoms with E-state index in [2.05, 4.69) is 73.5 Å². The van der Waals surface area contributed by atoms with Crippen molar-refractivity contribution in [3.63, 3.8) is 0 Å². The molecule has 4 aliphatic heterocycles.